The number of pyridine rings is 1. The maximum Gasteiger partial charge on any atom is 0.337 e. The van der Waals surface area contributed by atoms with Crippen molar-refractivity contribution in [2.75, 3.05) is 20.6 Å². The molecule has 0 saturated carbocycles. The minimum Gasteiger partial charge on any atom is -0.478 e. The lowest BCUT2D eigenvalue weighted by Crippen LogP contribution is -2.30. The van der Waals surface area contributed by atoms with Crippen LogP contribution in [0.15, 0.2) is 18.3 Å². The first-order valence-corrected chi connectivity index (χ1v) is 6.06. The zero-order valence-corrected chi connectivity index (χ0v) is 11.2. The van der Waals surface area contributed by atoms with Gasteiger partial charge in [0.1, 0.15) is 0 Å². The van der Waals surface area contributed by atoms with E-state index in [0.717, 1.165) is 13.0 Å². The van der Waals surface area contributed by atoms with Crippen LogP contribution < -0.4 is 5.32 Å². The number of nitrogens with zero attached hydrogens (tertiary/aromatic N) is 2. The van der Waals surface area contributed by atoms with Crippen molar-refractivity contribution >= 4 is 5.97 Å². The van der Waals surface area contributed by atoms with Crippen molar-refractivity contribution < 1.29 is 9.90 Å². The van der Waals surface area contributed by atoms with Gasteiger partial charge in [0.05, 0.1) is 11.3 Å². The molecule has 1 aromatic rings. The third-order valence-electron chi connectivity index (χ3n) is 2.75. The molecule has 0 bridgehead atoms. The van der Waals surface area contributed by atoms with Crippen molar-refractivity contribution in [3.63, 3.8) is 0 Å². The molecule has 1 atom stereocenters. The van der Waals surface area contributed by atoms with E-state index in [1.54, 1.807) is 18.3 Å². The molecule has 5 heteroatoms. The van der Waals surface area contributed by atoms with E-state index in [0.29, 0.717) is 18.3 Å². The topological polar surface area (TPSA) is 65.5 Å². The fourth-order valence-electron chi connectivity index (χ4n) is 1.60. The lowest BCUT2D eigenvalue weighted by atomic mass is 10.1. The predicted molar refractivity (Wildman–Crippen MR) is 70.7 cm³/mol. The van der Waals surface area contributed by atoms with E-state index in [1.807, 2.05) is 14.1 Å². The first-order valence-electron chi connectivity index (χ1n) is 6.06. The third kappa shape index (κ3) is 4.81. The molecule has 1 unspecified atom stereocenters. The molecule has 0 radical (unpaired) electrons. The highest BCUT2D eigenvalue weighted by Gasteiger charge is 2.11. The van der Waals surface area contributed by atoms with Crippen LogP contribution in [-0.4, -0.2) is 47.6 Å². The Bertz CT molecular complexity index is 394. The predicted octanol–water partition coefficient (Wildman–Crippen LogP) is 1.21. The van der Waals surface area contributed by atoms with Gasteiger partial charge in [-0.25, -0.2) is 4.79 Å². The van der Waals surface area contributed by atoms with Crippen molar-refractivity contribution in [3.8, 4) is 0 Å². The van der Waals surface area contributed by atoms with Gasteiger partial charge >= 0.3 is 5.97 Å². The number of carboxylic acid groups (broad SMARTS) is 1. The highest BCUT2D eigenvalue weighted by Crippen LogP contribution is 2.05. The molecule has 0 aliphatic heterocycles. The molecule has 0 saturated heterocycles. The lowest BCUT2D eigenvalue weighted by molar-refractivity contribution is 0.0695. The van der Waals surface area contributed by atoms with Crippen molar-refractivity contribution in [1.29, 1.82) is 0 Å². The Labute approximate surface area is 108 Å². The average molecular weight is 251 g/mol. The Kier molecular flexibility index (Phi) is 5.74. The van der Waals surface area contributed by atoms with Crippen LogP contribution in [0.4, 0.5) is 0 Å². The Balaban J connectivity index is 2.50. The van der Waals surface area contributed by atoms with Crippen LogP contribution in [0.1, 0.15) is 29.4 Å². The second kappa shape index (κ2) is 7.08. The molecule has 1 aromatic heterocycles. The van der Waals surface area contributed by atoms with E-state index < -0.39 is 5.97 Å². The minimum absolute atomic E-state index is 0.268. The van der Waals surface area contributed by atoms with Gasteiger partial charge in [-0.15, -0.1) is 0 Å². The standard InChI is InChI=1S/C13H21N3O2/c1-10(6-8-16(2)3)15-9-12-11(13(17)18)5-4-7-14-12/h4-5,7,10,15H,6,8-9H2,1-3H3,(H,17,18). The van der Waals surface area contributed by atoms with Gasteiger partial charge in [0.25, 0.3) is 0 Å². The van der Waals surface area contributed by atoms with Gasteiger partial charge in [-0.2, -0.15) is 0 Å². The molecule has 0 fully saturated rings. The van der Waals surface area contributed by atoms with E-state index in [9.17, 15) is 4.79 Å². The lowest BCUT2D eigenvalue weighted by Gasteiger charge is -2.16. The van der Waals surface area contributed by atoms with Crippen molar-refractivity contribution in [3.05, 3.63) is 29.6 Å². The molecule has 0 aromatic carbocycles. The van der Waals surface area contributed by atoms with Crippen LogP contribution in [-0.2, 0) is 6.54 Å². The maximum absolute atomic E-state index is 11.0. The molecule has 2 N–H and O–H groups in total. The van der Waals surface area contributed by atoms with Crippen LogP contribution in [0.5, 0.6) is 0 Å². The van der Waals surface area contributed by atoms with Gasteiger partial charge in [0, 0.05) is 18.8 Å². The molecule has 5 nitrogen and oxygen atoms in total. The van der Waals surface area contributed by atoms with E-state index >= 15 is 0 Å². The van der Waals surface area contributed by atoms with E-state index in [2.05, 4.69) is 22.1 Å². The summed E-state index contributed by atoms with van der Waals surface area (Å²) in [6.07, 6.45) is 2.64. The molecule has 0 spiro atoms. The van der Waals surface area contributed by atoms with Crippen LogP contribution in [0, 0.1) is 0 Å². The maximum atomic E-state index is 11.0. The van der Waals surface area contributed by atoms with Crippen LogP contribution in [0.2, 0.25) is 0 Å². The largest absolute Gasteiger partial charge is 0.478 e. The number of carbonyl (C=O) groups is 1. The molecule has 0 aliphatic carbocycles. The van der Waals surface area contributed by atoms with Gasteiger partial charge in [-0.1, -0.05) is 0 Å². The number of aromatic carboxylic acids is 1. The molecule has 0 aliphatic rings. The highest BCUT2D eigenvalue weighted by atomic mass is 16.4. The van der Waals surface area contributed by atoms with E-state index in [-0.39, 0.29) is 5.56 Å². The Morgan fingerprint density at radius 1 is 1.56 bits per heavy atom. The van der Waals surface area contributed by atoms with Gasteiger partial charge < -0.3 is 15.3 Å². The smallest absolute Gasteiger partial charge is 0.337 e. The Morgan fingerprint density at radius 2 is 2.28 bits per heavy atom. The molecular formula is C13H21N3O2. The second-order valence-corrected chi connectivity index (χ2v) is 4.68. The van der Waals surface area contributed by atoms with Gasteiger partial charge in [-0.05, 0) is 46.1 Å². The molecule has 100 valence electrons. The summed E-state index contributed by atoms with van der Waals surface area (Å²) >= 11 is 0. The molecule has 1 rings (SSSR count). The van der Waals surface area contributed by atoms with Gasteiger partial charge in [-0.3, -0.25) is 4.98 Å². The molecule has 0 amide bonds. The third-order valence-corrected chi connectivity index (χ3v) is 2.75. The average Bonchev–Trinajstić information content (AvgIpc) is 2.34. The first kappa shape index (κ1) is 14.6. The van der Waals surface area contributed by atoms with Crippen LogP contribution in [0.3, 0.4) is 0 Å². The number of aromatic nitrogens is 1. The SMILES string of the molecule is CC(CCN(C)C)NCc1ncccc1C(=O)O. The summed E-state index contributed by atoms with van der Waals surface area (Å²) in [6.45, 7) is 3.58. The van der Waals surface area contributed by atoms with Gasteiger partial charge in [0.15, 0.2) is 0 Å². The van der Waals surface area contributed by atoms with Crippen LogP contribution >= 0.6 is 0 Å². The summed E-state index contributed by atoms with van der Waals surface area (Å²) in [5.41, 5.74) is 0.853. The zero-order valence-electron chi connectivity index (χ0n) is 11.2. The van der Waals surface area contributed by atoms with Crippen molar-refractivity contribution in [1.82, 2.24) is 15.2 Å². The fourth-order valence-corrected chi connectivity index (χ4v) is 1.60. The Hall–Kier alpha value is -1.46. The normalized spacial score (nSPS) is 12.7. The summed E-state index contributed by atoms with van der Waals surface area (Å²) < 4.78 is 0. The second-order valence-electron chi connectivity index (χ2n) is 4.68. The fraction of sp³-hybridized carbons (Fsp3) is 0.538. The summed E-state index contributed by atoms with van der Waals surface area (Å²) in [5, 5.41) is 12.3. The summed E-state index contributed by atoms with van der Waals surface area (Å²) in [5.74, 6) is -0.930. The van der Waals surface area contributed by atoms with E-state index in [4.69, 9.17) is 5.11 Å². The number of nitrogens with one attached hydrogen (secondary N) is 1. The molecular weight excluding hydrogens is 230 g/mol. The van der Waals surface area contributed by atoms with Crippen molar-refractivity contribution in [2.45, 2.75) is 25.9 Å². The number of rotatable bonds is 7. The summed E-state index contributed by atoms with van der Waals surface area (Å²) in [7, 11) is 4.07. The molecule has 1 heterocycles. The number of carboxylic acids is 1. The minimum atomic E-state index is -0.930. The highest BCUT2D eigenvalue weighted by molar-refractivity contribution is 5.88. The van der Waals surface area contributed by atoms with Gasteiger partial charge in [0.2, 0.25) is 0 Å². The number of hydrogen-bond acceptors (Lipinski definition) is 4. The Morgan fingerprint density at radius 3 is 2.89 bits per heavy atom. The first-order chi connectivity index (χ1) is 8.50. The zero-order chi connectivity index (χ0) is 13.5. The summed E-state index contributed by atoms with van der Waals surface area (Å²) in [6, 6.07) is 3.55. The molecule has 18 heavy (non-hydrogen) atoms. The van der Waals surface area contributed by atoms with Crippen molar-refractivity contribution in [2.24, 2.45) is 0 Å². The van der Waals surface area contributed by atoms with Crippen LogP contribution in [0.25, 0.3) is 0 Å². The monoisotopic (exact) mass is 251 g/mol. The van der Waals surface area contributed by atoms with E-state index in [1.165, 1.54) is 0 Å². The number of hydrogen-bond donors (Lipinski definition) is 2. The summed E-state index contributed by atoms with van der Waals surface area (Å²) in [4.78, 5) is 17.2. The quantitative estimate of drug-likeness (QED) is 0.762.